The molecule has 1 heterocycles. The minimum Gasteiger partial charge on any atom is -0.477 e. The molecule has 5 nitrogen and oxygen atoms in total. The maximum Gasteiger partial charge on any atom is 0.341 e. The van der Waals surface area contributed by atoms with Crippen molar-refractivity contribution in [3.63, 3.8) is 0 Å². The molecule has 23 heavy (non-hydrogen) atoms. The van der Waals surface area contributed by atoms with Crippen LogP contribution in [-0.4, -0.2) is 28.9 Å². The van der Waals surface area contributed by atoms with Gasteiger partial charge in [-0.05, 0) is 6.92 Å². The van der Waals surface area contributed by atoms with E-state index in [1.54, 1.807) is 0 Å². The van der Waals surface area contributed by atoms with E-state index in [1.165, 1.54) is 18.5 Å². The highest BCUT2D eigenvalue weighted by atomic mass is 19.2. The third-order valence-electron chi connectivity index (χ3n) is 4.10. The number of carboxylic acid groups (broad SMARTS) is 1. The second kappa shape index (κ2) is 5.00. The second-order valence-electron chi connectivity index (χ2n) is 5.50. The highest BCUT2D eigenvalue weighted by Crippen LogP contribution is 2.42. The van der Waals surface area contributed by atoms with E-state index in [1.807, 2.05) is 0 Å². The zero-order valence-corrected chi connectivity index (χ0v) is 12.3. The van der Waals surface area contributed by atoms with Gasteiger partial charge in [0.25, 0.3) is 0 Å². The Hall–Kier alpha value is -2.51. The zero-order chi connectivity index (χ0) is 17.0. The Morgan fingerprint density at radius 2 is 2.00 bits per heavy atom. The van der Waals surface area contributed by atoms with Gasteiger partial charge in [-0.2, -0.15) is 0 Å². The first-order chi connectivity index (χ1) is 10.8. The van der Waals surface area contributed by atoms with Crippen LogP contribution in [0.5, 0.6) is 0 Å². The SMILES string of the molecule is CNc1c(F)c(F)c(C)c2c1c(=O)c(C(=O)O)cn2[C@@H]1CC1F. The Labute approximate surface area is 128 Å². The number of aryl methyl sites for hydroxylation is 1. The monoisotopic (exact) mass is 326 g/mol. The summed E-state index contributed by atoms with van der Waals surface area (Å²) in [4.78, 5) is 23.7. The number of fused-ring (bicyclic) bond motifs is 1. The number of carboxylic acids is 1. The zero-order valence-electron chi connectivity index (χ0n) is 12.3. The van der Waals surface area contributed by atoms with Crippen LogP contribution in [0.25, 0.3) is 10.9 Å². The van der Waals surface area contributed by atoms with Crippen molar-refractivity contribution >= 4 is 22.6 Å². The molecule has 0 bridgehead atoms. The number of aromatic nitrogens is 1. The van der Waals surface area contributed by atoms with Crippen molar-refractivity contribution in [3.8, 4) is 0 Å². The molecule has 1 fully saturated rings. The molecule has 122 valence electrons. The number of nitrogens with one attached hydrogen (secondary N) is 1. The molecule has 3 rings (SSSR count). The molecule has 2 atom stereocenters. The number of pyridine rings is 1. The lowest BCUT2D eigenvalue weighted by atomic mass is 10.0. The maximum absolute atomic E-state index is 14.1. The normalized spacial score (nSPS) is 19.9. The van der Waals surface area contributed by atoms with Crippen molar-refractivity contribution in [2.24, 2.45) is 0 Å². The Morgan fingerprint density at radius 1 is 1.39 bits per heavy atom. The van der Waals surface area contributed by atoms with Crippen molar-refractivity contribution in [3.05, 3.63) is 39.2 Å². The molecular weight excluding hydrogens is 313 g/mol. The van der Waals surface area contributed by atoms with E-state index < -0.39 is 46.5 Å². The van der Waals surface area contributed by atoms with Gasteiger partial charge in [0.05, 0.1) is 22.6 Å². The first kappa shape index (κ1) is 15.4. The van der Waals surface area contributed by atoms with E-state index in [4.69, 9.17) is 0 Å². The van der Waals surface area contributed by atoms with Crippen LogP contribution in [-0.2, 0) is 0 Å². The number of alkyl halides is 1. The number of hydrogen-bond acceptors (Lipinski definition) is 3. The number of halogens is 3. The molecule has 0 saturated heterocycles. The van der Waals surface area contributed by atoms with Crippen LogP contribution < -0.4 is 10.7 Å². The fourth-order valence-electron chi connectivity index (χ4n) is 2.82. The molecule has 0 amide bonds. The van der Waals surface area contributed by atoms with E-state index >= 15 is 0 Å². The van der Waals surface area contributed by atoms with E-state index in [9.17, 15) is 27.9 Å². The Bertz CT molecular complexity index is 907. The fraction of sp³-hybridized carbons (Fsp3) is 0.333. The molecule has 2 aromatic rings. The summed E-state index contributed by atoms with van der Waals surface area (Å²) in [6, 6.07) is -0.690. The third kappa shape index (κ3) is 2.08. The number of carbonyl (C=O) groups is 1. The fourth-order valence-corrected chi connectivity index (χ4v) is 2.82. The largest absolute Gasteiger partial charge is 0.477 e. The summed E-state index contributed by atoms with van der Waals surface area (Å²) in [5, 5.41) is 11.3. The van der Waals surface area contributed by atoms with E-state index in [0.717, 1.165) is 6.20 Å². The predicted molar refractivity (Wildman–Crippen MR) is 77.9 cm³/mol. The average Bonchev–Trinajstić information content (AvgIpc) is 3.22. The predicted octanol–water partition coefficient (Wildman–Crippen LogP) is 2.61. The quantitative estimate of drug-likeness (QED) is 0.909. The molecule has 0 spiro atoms. The van der Waals surface area contributed by atoms with Crippen LogP contribution in [0.3, 0.4) is 0 Å². The van der Waals surface area contributed by atoms with E-state index in [2.05, 4.69) is 5.32 Å². The lowest BCUT2D eigenvalue weighted by Gasteiger charge is -2.17. The maximum atomic E-state index is 14.1. The molecule has 0 radical (unpaired) electrons. The van der Waals surface area contributed by atoms with E-state index in [-0.39, 0.29) is 22.9 Å². The summed E-state index contributed by atoms with van der Waals surface area (Å²) in [6.07, 6.45) is -0.0846. The van der Waals surface area contributed by atoms with Crippen molar-refractivity contribution in [2.75, 3.05) is 12.4 Å². The topological polar surface area (TPSA) is 71.3 Å². The number of rotatable bonds is 3. The van der Waals surface area contributed by atoms with Crippen molar-refractivity contribution in [1.29, 1.82) is 0 Å². The van der Waals surface area contributed by atoms with Gasteiger partial charge >= 0.3 is 5.97 Å². The van der Waals surface area contributed by atoms with Crippen molar-refractivity contribution < 1.29 is 23.1 Å². The molecule has 1 aromatic carbocycles. The van der Waals surface area contributed by atoms with E-state index in [0.29, 0.717) is 0 Å². The van der Waals surface area contributed by atoms with Gasteiger partial charge in [0, 0.05) is 25.2 Å². The second-order valence-corrected chi connectivity index (χ2v) is 5.50. The summed E-state index contributed by atoms with van der Waals surface area (Å²) >= 11 is 0. The summed E-state index contributed by atoms with van der Waals surface area (Å²) in [6.45, 7) is 1.27. The third-order valence-corrected chi connectivity index (χ3v) is 4.10. The smallest absolute Gasteiger partial charge is 0.341 e. The van der Waals surface area contributed by atoms with Gasteiger partial charge in [-0.1, -0.05) is 0 Å². The van der Waals surface area contributed by atoms with Gasteiger partial charge in [0.1, 0.15) is 11.7 Å². The standard InChI is InChI=1S/C15H13F3N2O3/c1-5-10(17)11(18)12(19-2)9-13(5)20(8-3-7(8)16)4-6(14(9)21)15(22)23/h4,7-8,19H,3H2,1-2H3,(H,22,23)/t7?,8-/m1/s1. The highest BCUT2D eigenvalue weighted by Gasteiger charge is 2.41. The van der Waals surface area contributed by atoms with Crippen molar-refractivity contribution in [1.82, 2.24) is 4.57 Å². The molecule has 0 aliphatic heterocycles. The van der Waals surface area contributed by atoms with Crippen LogP contribution in [0.4, 0.5) is 18.9 Å². The lowest BCUT2D eigenvalue weighted by Crippen LogP contribution is -2.21. The summed E-state index contributed by atoms with van der Waals surface area (Å²) in [5.74, 6) is -3.93. The van der Waals surface area contributed by atoms with Gasteiger partial charge in [-0.25, -0.2) is 18.0 Å². The van der Waals surface area contributed by atoms with Gasteiger partial charge in [0.15, 0.2) is 11.6 Å². The molecule has 1 aromatic heterocycles. The first-order valence-corrected chi connectivity index (χ1v) is 6.91. The van der Waals surface area contributed by atoms with Crippen molar-refractivity contribution in [2.45, 2.75) is 25.6 Å². The van der Waals surface area contributed by atoms with Crippen LogP contribution in [0.1, 0.15) is 28.4 Å². The molecular formula is C15H13F3N2O3. The number of hydrogen-bond donors (Lipinski definition) is 2. The number of aromatic carboxylic acids is 1. The van der Waals surface area contributed by atoms with Crippen LogP contribution in [0.15, 0.2) is 11.0 Å². The minimum absolute atomic E-state index is 0.00778. The number of benzene rings is 1. The molecule has 1 saturated carbocycles. The van der Waals surface area contributed by atoms with Gasteiger partial charge < -0.3 is 15.0 Å². The number of anilines is 1. The van der Waals surface area contributed by atoms with Gasteiger partial charge in [-0.15, -0.1) is 0 Å². The number of nitrogens with zero attached hydrogens (tertiary/aromatic N) is 1. The minimum atomic E-state index is -1.51. The van der Waals surface area contributed by atoms with Gasteiger partial charge in [0.2, 0.25) is 5.43 Å². The molecule has 2 N–H and O–H groups in total. The average molecular weight is 326 g/mol. The summed E-state index contributed by atoms with van der Waals surface area (Å²) in [7, 11) is 1.29. The molecule has 1 aliphatic rings. The summed E-state index contributed by atoms with van der Waals surface area (Å²) in [5.41, 5.74) is -2.14. The van der Waals surface area contributed by atoms with Crippen LogP contribution in [0.2, 0.25) is 0 Å². The molecule has 1 unspecified atom stereocenters. The lowest BCUT2D eigenvalue weighted by molar-refractivity contribution is 0.0694. The molecule has 8 heteroatoms. The Balaban J connectivity index is 2.57. The van der Waals surface area contributed by atoms with Crippen LogP contribution >= 0.6 is 0 Å². The molecule has 1 aliphatic carbocycles. The Kier molecular flexibility index (Phi) is 3.35. The van der Waals surface area contributed by atoms with Gasteiger partial charge in [-0.3, -0.25) is 4.79 Å². The first-order valence-electron chi connectivity index (χ1n) is 6.91. The Morgan fingerprint density at radius 3 is 2.48 bits per heavy atom. The highest BCUT2D eigenvalue weighted by molar-refractivity contribution is 5.99. The summed E-state index contributed by atoms with van der Waals surface area (Å²) < 4.78 is 43.0. The van der Waals surface area contributed by atoms with Crippen LogP contribution in [0, 0.1) is 18.6 Å².